The lowest BCUT2D eigenvalue weighted by atomic mass is 9.85. The quantitative estimate of drug-likeness (QED) is 0.496. The maximum atomic E-state index is 12.9. The van der Waals surface area contributed by atoms with Gasteiger partial charge >= 0.3 is 0 Å². The number of fused-ring (bicyclic) bond motifs is 2. The summed E-state index contributed by atoms with van der Waals surface area (Å²) >= 11 is 0. The number of carbonyl (C=O) groups excluding carboxylic acids is 1. The molecule has 1 saturated carbocycles. The molecule has 2 aliphatic rings. The lowest BCUT2D eigenvalue weighted by molar-refractivity contribution is -0.136. The Labute approximate surface area is 153 Å². The molecule has 0 saturated heterocycles. The van der Waals surface area contributed by atoms with Crippen LogP contribution >= 0.6 is 0 Å². The molecule has 4 heteroatoms. The van der Waals surface area contributed by atoms with Crippen LogP contribution in [0.1, 0.15) is 24.0 Å². The molecule has 2 aromatic carbocycles. The summed E-state index contributed by atoms with van der Waals surface area (Å²) in [5.41, 5.74) is 1.81. The van der Waals surface area contributed by atoms with E-state index in [1.807, 2.05) is 18.3 Å². The van der Waals surface area contributed by atoms with Crippen LogP contribution in [0.5, 0.6) is 0 Å². The summed E-state index contributed by atoms with van der Waals surface area (Å²) in [5, 5.41) is 15.5. The first-order valence-corrected chi connectivity index (χ1v) is 9.03. The highest BCUT2D eigenvalue weighted by molar-refractivity contribution is 5.90. The van der Waals surface area contributed by atoms with E-state index in [0.717, 1.165) is 6.42 Å². The van der Waals surface area contributed by atoms with Crippen molar-refractivity contribution in [2.75, 3.05) is 0 Å². The highest BCUT2D eigenvalue weighted by Crippen LogP contribution is 2.42. The molecule has 0 heterocycles. The zero-order chi connectivity index (χ0) is 18.0. The largest absolute Gasteiger partial charge is 0.372 e. The van der Waals surface area contributed by atoms with Gasteiger partial charge in [0.25, 0.3) is 5.91 Å². The summed E-state index contributed by atoms with van der Waals surface area (Å²) in [5.74, 6) is 0.997. The second-order valence-corrected chi connectivity index (χ2v) is 7.11. The van der Waals surface area contributed by atoms with Crippen molar-refractivity contribution in [1.29, 1.82) is 0 Å². The number of allylic oxidation sites excluding steroid dienone is 2. The third kappa shape index (κ3) is 2.97. The summed E-state index contributed by atoms with van der Waals surface area (Å²) in [6, 6.07) is 17.9. The summed E-state index contributed by atoms with van der Waals surface area (Å²) in [4.78, 5) is 12.9. The van der Waals surface area contributed by atoms with Gasteiger partial charge in [0.15, 0.2) is 5.60 Å². The third-order valence-corrected chi connectivity index (χ3v) is 5.47. The summed E-state index contributed by atoms with van der Waals surface area (Å²) < 4.78 is 0. The molecule has 1 fully saturated rings. The Balaban J connectivity index is 1.56. The molecule has 0 aliphatic heterocycles. The second-order valence-electron chi connectivity index (χ2n) is 7.11. The average Bonchev–Trinajstić information content (AvgIpc) is 3.32. The van der Waals surface area contributed by atoms with E-state index in [2.05, 4.69) is 22.7 Å². The smallest absolute Gasteiger partial charge is 0.281 e. The maximum absolute atomic E-state index is 12.9. The highest BCUT2D eigenvalue weighted by Gasteiger charge is 2.40. The lowest BCUT2D eigenvalue weighted by Crippen LogP contribution is -2.43. The van der Waals surface area contributed by atoms with E-state index in [-0.39, 0.29) is 0 Å². The van der Waals surface area contributed by atoms with Crippen LogP contribution in [0.4, 0.5) is 0 Å². The van der Waals surface area contributed by atoms with Crippen molar-refractivity contribution < 1.29 is 9.90 Å². The fourth-order valence-corrected chi connectivity index (χ4v) is 4.05. The van der Waals surface area contributed by atoms with Gasteiger partial charge in [0, 0.05) is 12.1 Å². The van der Waals surface area contributed by atoms with Gasteiger partial charge in [-0.25, -0.2) is 5.43 Å². The molecule has 26 heavy (non-hydrogen) atoms. The van der Waals surface area contributed by atoms with Gasteiger partial charge in [-0.3, -0.25) is 4.79 Å². The number of carbonyl (C=O) groups is 1. The van der Waals surface area contributed by atoms with Crippen molar-refractivity contribution in [3.63, 3.8) is 0 Å². The molecule has 2 aliphatic carbocycles. The first-order valence-electron chi connectivity index (χ1n) is 9.03. The van der Waals surface area contributed by atoms with Crippen LogP contribution in [0.15, 0.2) is 77.9 Å². The Bertz CT molecular complexity index is 790. The minimum Gasteiger partial charge on any atom is -0.372 e. The van der Waals surface area contributed by atoms with Crippen LogP contribution in [0.2, 0.25) is 0 Å². The van der Waals surface area contributed by atoms with Crippen LogP contribution in [0, 0.1) is 17.8 Å². The Hall–Kier alpha value is -2.72. The third-order valence-electron chi connectivity index (χ3n) is 5.47. The number of nitrogens with zero attached hydrogens (tertiary/aromatic N) is 1. The van der Waals surface area contributed by atoms with Crippen LogP contribution in [0.25, 0.3) is 0 Å². The van der Waals surface area contributed by atoms with Gasteiger partial charge in [0.2, 0.25) is 0 Å². The number of hydrogen-bond donors (Lipinski definition) is 2. The van der Waals surface area contributed by atoms with Crippen LogP contribution in [0.3, 0.4) is 0 Å². The first kappa shape index (κ1) is 16.7. The van der Waals surface area contributed by atoms with Crippen molar-refractivity contribution in [3.8, 4) is 0 Å². The SMILES string of the molecule is O=C(N/N=C\[C@H]1C[C@@H]2C=C[C@@H]1C2)C(O)(c1ccccc1)c1ccccc1. The Morgan fingerprint density at radius 2 is 1.62 bits per heavy atom. The molecule has 2 aromatic rings. The molecule has 0 spiro atoms. The van der Waals surface area contributed by atoms with Crippen molar-refractivity contribution >= 4 is 12.1 Å². The van der Waals surface area contributed by atoms with E-state index in [0.29, 0.717) is 28.9 Å². The van der Waals surface area contributed by atoms with Crippen LogP contribution in [-0.2, 0) is 10.4 Å². The van der Waals surface area contributed by atoms with E-state index in [1.165, 1.54) is 6.42 Å². The number of hydrogen-bond acceptors (Lipinski definition) is 3. The minimum absolute atomic E-state index is 0.367. The fourth-order valence-electron chi connectivity index (χ4n) is 4.05. The molecule has 4 rings (SSSR count). The normalized spacial score (nSPS) is 24.3. The Morgan fingerprint density at radius 1 is 1.00 bits per heavy atom. The van der Waals surface area contributed by atoms with Gasteiger partial charge in [-0.05, 0) is 35.8 Å². The highest BCUT2D eigenvalue weighted by atomic mass is 16.3. The zero-order valence-corrected chi connectivity index (χ0v) is 14.5. The van der Waals surface area contributed by atoms with Crippen LogP contribution in [-0.4, -0.2) is 17.2 Å². The standard InChI is InChI=1S/C22H22N2O2/c25-21(24-23-15-18-14-16-11-12-17(18)13-16)22(26,19-7-3-1-4-8-19)20-9-5-2-6-10-20/h1-12,15-18,26H,13-14H2,(H,24,25)/b23-15-/t16-,17-,18-/m1/s1. The van der Waals surface area contributed by atoms with Crippen molar-refractivity contribution in [1.82, 2.24) is 5.43 Å². The van der Waals surface area contributed by atoms with E-state index in [4.69, 9.17) is 0 Å². The van der Waals surface area contributed by atoms with Gasteiger partial charge in [0.05, 0.1) is 0 Å². The Morgan fingerprint density at radius 3 is 2.12 bits per heavy atom. The molecule has 0 unspecified atom stereocenters. The molecular weight excluding hydrogens is 324 g/mol. The van der Waals surface area contributed by atoms with Gasteiger partial charge in [-0.1, -0.05) is 72.8 Å². The number of nitrogens with one attached hydrogen (secondary N) is 1. The average molecular weight is 346 g/mol. The predicted molar refractivity (Wildman–Crippen MR) is 101 cm³/mol. The molecular formula is C22H22N2O2. The van der Waals surface area contributed by atoms with E-state index in [1.54, 1.807) is 48.5 Å². The van der Waals surface area contributed by atoms with E-state index < -0.39 is 11.5 Å². The van der Waals surface area contributed by atoms with Gasteiger partial charge < -0.3 is 5.11 Å². The predicted octanol–water partition coefficient (Wildman–Crippen LogP) is 3.24. The summed E-state index contributed by atoms with van der Waals surface area (Å²) in [6.07, 6.45) is 8.61. The topological polar surface area (TPSA) is 61.7 Å². The fraction of sp³-hybridized carbons (Fsp3) is 0.273. The molecule has 2 bridgehead atoms. The number of aliphatic hydroxyl groups is 1. The van der Waals surface area contributed by atoms with Gasteiger partial charge in [-0.15, -0.1) is 0 Å². The first-order chi connectivity index (χ1) is 12.7. The van der Waals surface area contributed by atoms with Crippen molar-refractivity contribution in [2.24, 2.45) is 22.9 Å². The maximum Gasteiger partial charge on any atom is 0.281 e. The molecule has 4 nitrogen and oxygen atoms in total. The number of benzene rings is 2. The molecule has 132 valence electrons. The van der Waals surface area contributed by atoms with E-state index in [9.17, 15) is 9.90 Å². The minimum atomic E-state index is -1.78. The summed E-state index contributed by atoms with van der Waals surface area (Å²) in [7, 11) is 0. The molecule has 1 amide bonds. The molecule has 3 atom stereocenters. The summed E-state index contributed by atoms with van der Waals surface area (Å²) in [6.45, 7) is 0. The molecule has 2 N–H and O–H groups in total. The Kier molecular flexibility index (Phi) is 4.43. The van der Waals surface area contributed by atoms with E-state index >= 15 is 0 Å². The molecule has 0 radical (unpaired) electrons. The van der Waals surface area contributed by atoms with Gasteiger partial charge in [-0.2, -0.15) is 5.10 Å². The second kappa shape index (κ2) is 6.89. The van der Waals surface area contributed by atoms with Crippen LogP contribution < -0.4 is 5.43 Å². The van der Waals surface area contributed by atoms with Gasteiger partial charge in [0.1, 0.15) is 0 Å². The number of hydrazone groups is 1. The van der Waals surface area contributed by atoms with Crippen molar-refractivity contribution in [3.05, 3.63) is 83.9 Å². The monoisotopic (exact) mass is 346 g/mol. The zero-order valence-electron chi connectivity index (χ0n) is 14.5. The van der Waals surface area contributed by atoms with Crippen molar-refractivity contribution in [2.45, 2.75) is 18.4 Å². The lowest BCUT2D eigenvalue weighted by Gasteiger charge is -2.27. The number of amides is 1. The molecule has 0 aromatic heterocycles. The number of rotatable bonds is 5.